The van der Waals surface area contributed by atoms with Gasteiger partial charge in [0, 0.05) is 12.0 Å². The van der Waals surface area contributed by atoms with Crippen LogP contribution in [0.25, 0.3) is 0 Å². The minimum Gasteiger partial charge on any atom is -0.313 e. The first kappa shape index (κ1) is 31.2. The lowest BCUT2D eigenvalue weighted by molar-refractivity contribution is 0.301. The molecule has 0 spiro atoms. The van der Waals surface area contributed by atoms with Crippen molar-refractivity contribution in [3.8, 4) is 0 Å². The van der Waals surface area contributed by atoms with Gasteiger partial charge in [-0.1, -0.05) is 68.7 Å². The normalized spacial score (nSPS) is 20.6. The first-order chi connectivity index (χ1) is 18.7. The molecule has 1 fully saturated rings. The lowest BCUT2D eigenvalue weighted by Gasteiger charge is -2.36. The van der Waals surface area contributed by atoms with Crippen LogP contribution in [0.1, 0.15) is 81.4 Å². The molecule has 0 aromatic heterocycles. The van der Waals surface area contributed by atoms with Gasteiger partial charge in [0.25, 0.3) is 0 Å². The van der Waals surface area contributed by atoms with Crippen molar-refractivity contribution in [3.05, 3.63) is 93.9 Å². The van der Waals surface area contributed by atoms with Crippen molar-refractivity contribution in [2.24, 2.45) is 5.92 Å². The zero-order valence-corrected chi connectivity index (χ0v) is 24.4. The van der Waals surface area contributed by atoms with E-state index in [2.05, 4.69) is 35.6 Å². The number of aryl methyl sites for hydroxylation is 1. The summed E-state index contributed by atoms with van der Waals surface area (Å²) in [6.45, 7) is 4.21. The van der Waals surface area contributed by atoms with E-state index >= 15 is 0 Å². The Bertz CT molecular complexity index is 1210. The summed E-state index contributed by atoms with van der Waals surface area (Å²) in [6, 6.07) is 16.7. The number of rotatable bonds is 9. The standard InChI is InChI=1S/C24H30FN.C8H14FNO2S/c25-21-12-13-22-20(16-21)11-14-24(26-17-19-9-5-2-6-10-19)23(22)15-18-7-3-1-4-8-18;1-4-5-6-8(9)7(2)13(11,12)10-3/h1,3-4,7-8,12-13,16,19,23-24,26H,2,5-6,9-11,14-15,17H2;5-6,10H,4H2,1-3H3/b;6-5-,8-7-. The quantitative estimate of drug-likeness (QED) is 0.317. The highest BCUT2D eigenvalue weighted by atomic mass is 32.2. The van der Waals surface area contributed by atoms with E-state index in [1.807, 2.05) is 17.7 Å². The number of sulfonamides is 1. The van der Waals surface area contributed by atoms with Crippen LogP contribution in [-0.4, -0.2) is 28.1 Å². The SMILES string of the molecule is CC/C=C\C(F)=C(/C)S(=O)(=O)NC.Fc1ccc2c(c1)CCC(NCC1CCCCC1)C2Cc1ccccc1. The highest BCUT2D eigenvalue weighted by molar-refractivity contribution is 7.93. The van der Waals surface area contributed by atoms with Crippen molar-refractivity contribution < 1.29 is 17.2 Å². The van der Waals surface area contributed by atoms with Crippen LogP contribution in [0.3, 0.4) is 0 Å². The Balaban J connectivity index is 0.000000276. The fraction of sp³-hybridized carbons (Fsp3) is 0.500. The molecule has 2 aliphatic rings. The molecular weight excluding hydrogens is 514 g/mol. The first-order valence-electron chi connectivity index (χ1n) is 14.3. The maximum atomic E-state index is 13.7. The van der Waals surface area contributed by atoms with Gasteiger partial charge in [0.05, 0.1) is 4.91 Å². The van der Waals surface area contributed by atoms with E-state index in [1.165, 1.54) is 62.8 Å². The molecule has 2 N–H and O–H groups in total. The molecule has 0 radical (unpaired) electrons. The van der Waals surface area contributed by atoms with Crippen molar-refractivity contribution in [3.63, 3.8) is 0 Å². The average molecular weight is 559 g/mol. The fourth-order valence-corrected chi connectivity index (χ4v) is 6.21. The van der Waals surface area contributed by atoms with Gasteiger partial charge in [-0.2, -0.15) is 0 Å². The van der Waals surface area contributed by atoms with Crippen LogP contribution < -0.4 is 10.0 Å². The van der Waals surface area contributed by atoms with Crippen LogP contribution in [-0.2, 0) is 22.9 Å². The molecule has 4 nitrogen and oxygen atoms in total. The van der Waals surface area contributed by atoms with Crippen molar-refractivity contribution in [2.75, 3.05) is 13.6 Å². The number of halogens is 2. The van der Waals surface area contributed by atoms with Crippen molar-refractivity contribution in [1.82, 2.24) is 10.0 Å². The molecule has 0 aliphatic heterocycles. The molecule has 0 amide bonds. The maximum absolute atomic E-state index is 13.7. The molecule has 2 atom stereocenters. The zero-order valence-electron chi connectivity index (χ0n) is 23.6. The number of hydrogen-bond acceptors (Lipinski definition) is 3. The van der Waals surface area contributed by atoms with Crippen molar-refractivity contribution >= 4 is 10.0 Å². The Morgan fingerprint density at radius 2 is 1.77 bits per heavy atom. The van der Waals surface area contributed by atoms with E-state index in [-0.39, 0.29) is 10.7 Å². The predicted molar refractivity (Wildman–Crippen MR) is 157 cm³/mol. The smallest absolute Gasteiger partial charge is 0.239 e. The minimum atomic E-state index is -3.62. The summed E-state index contributed by atoms with van der Waals surface area (Å²) in [6.07, 6.45) is 13.5. The van der Waals surface area contributed by atoms with Gasteiger partial charge in [0.15, 0.2) is 0 Å². The summed E-state index contributed by atoms with van der Waals surface area (Å²) in [5.74, 6) is 0.452. The maximum Gasteiger partial charge on any atom is 0.239 e. The van der Waals surface area contributed by atoms with Gasteiger partial charge in [0.2, 0.25) is 10.0 Å². The van der Waals surface area contributed by atoms with Crippen molar-refractivity contribution in [2.45, 2.75) is 83.6 Å². The molecule has 0 bridgehead atoms. The van der Waals surface area contributed by atoms with Crippen LogP contribution in [0.5, 0.6) is 0 Å². The number of benzene rings is 2. The summed E-state index contributed by atoms with van der Waals surface area (Å²) in [4.78, 5) is -0.292. The third-order valence-corrected chi connectivity index (χ3v) is 9.45. The van der Waals surface area contributed by atoms with Crippen LogP contribution >= 0.6 is 0 Å². The van der Waals surface area contributed by atoms with Crippen molar-refractivity contribution in [1.29, 1.82) is 0 Å². The van der Waals surface area contributed by atoms with Gasteiger partial charge in [-0.25, -0.2) is 21.9 Å². The number of hydrogen-bond donors (Lipinski definition) is 2. The van der Waals surface area contributed by atoms with Gasteiger partial charge in [-0.15, -0.1) is 0 Å². The highest BCUT2D eigenvalue weighted by Crippen LogP contribution is 2.35. The first-order valence-corrected chi connectivity index (χ1v) is 15.8. The van der Waals surface area contributed by atoms with E-state index in [9.17, 15) is 17.2 Å². The van der Waals surface area contributed by atoms with Gasteiger partial charge in [0.1, 0.15) is 11.6 Å². The molecule has 2 aliphatic carbocycles. The van der Waals surface area contributed by atoms with Crippen LogP contribution in [0.15, 0.2) is 71.4 Å². The molecule has 2 unspecified atom stereocenters. The molecule has 2 aromatic carbocycles. The lowest BCUT2D eigenvalue weighted by Crippen LogP contribution is -2.41. The molecule has 2 aromatic rings. The minimum absolute atomic E-state index is 0.101. The third kappa shape index (κ3) is 9.37. The van der Waals surface area contributed by atoms with Crippen LogP contribution in [0.4, 0.5) is 8.78 Å². The second-order valence-corrected chi connectivity index (χ2v) is 12.6. The Kier molecular flexibility index (Phi) is 12.3. The molecule has 4 rings (SSSR count). The van der Waals surface area contributed by atoms with E-state index in [4.69, 9.17) is 0 Å². The summed E-state index contributed by atoms with van der Waals surface area (Å²) in [5, 5.41) is 3.92. The van der Waals surface area contributed by atoms with E-state index < -0.39 is 15.9 Å². The van der Waals surface area contributed by atoms with Crippen LogP contribution in [0.2, 0.25) is 0 Å². The molecule has 7 heteroatoms. The average Bonchev–Trinajstić information content (AvgIpc) is 2.96. The highest BCUT2D eigenvalue weighted by Gasteiger charge is 2.30. The number of fused-ring (bicyclic) bond motifs is 1. The molecule has 0 saturated heterocycles. The van der Waals surface area contributed by atoms with Gasteiger partial charge >= 0.3 is 0 Å². The molecule has 39 heavy (non-hydrogen) atoms. The topological polar surface area (TPSA) is 58.2 Å². The van der Waals surface area contributed by atoms with E-state index in [1.54, 1.807) is 18.2 Å². The largest absolute Gasteiger partial charge is 0.313 e. The molecule has 0 heterocycles. The monoisotopic (exact) mass is 558 g/mol. The second kappa shape index (κ2) is 15.4. The second-order valence-electron chi connectivity index (χ2n) is 10.6. The van der Waals surface area contributed by atoms with E-state index in [0.717, 1.165) is 37.8 Å². The summed E-state index contributed by atoms with van der Waals surface area (Å²) >= 11 is 0. The predicted octanol–water partition coefficient (Wildman–Crippen LogP) is 7.34. The van der Waals surface area contributed by atoms with Gasteiger partial charge in [-0.05, 0) is 99.9 Å². The van der Waals surface area contributed by atoms with Gasteiger partial charge < -0.3 is 5.32 Å². The van der Waals surface area contributed by atoms with Crippen LogP contribution in [0, 0.1) is 11.7 Å². The molecular formula is C32H44F2N2O2S. The summed E-state index contributed by atoms with van der Waals surface area (Å²) in [5.41, 5.74) is 3.93. The Hall–Kier alpha value is -2.35. The fourth-order valence-electron chi connectivity index (χ4n) is 5.58. The Morgan fingerprint density at radius 3 is 2.44 bits per heavy atom. The summed E-state index contributed by atoms with van der Waals surface area (Å²) < 4.78 is 50.9. The summed E-state index contributed by atoms with van der Waals surface area (Å²) in [7, 11) is -2.38. The Morgan fingerprint density at radius 1 is 1.05 bits per heavy atom. The number of nitrogens with one attached hydrogen (secondary N) is 2. The third-order valence-electron chi connectivity index (χ3n) is 7.91. The van der Waals surface area contributed by atoms with E-state index in [0.29, 0.717) is 18.4 Å². The molecule has 1 saturated carbocycles. The Labute approximate surface area is 234 Å². The zero-order chi connectivity index (χ0) is 28.3. The number of allylic oxidation sites excluding steroid dienone is 4. The lowest BCUT2D eigenvalue weighted by atomic mass is 9.76. The molecule has 214 valence electrons. The van der Waals surface area contributed by atoms with Gasteiger partial charge in [-0.3, -0.25) is 0 Å².